The lowest BCUT2D eigenvalue weighted by Crippen LogP contribution is -2.34. The molecule has 2 rings (SSSR count). The SMILES string of the molecule is COc1c(C)cc(Cl)c(C)c1C1CNCCO1. The molecular weight excluding hydrogens is 238 g/mol. The summed E-state index contributed by atoms with van der Waals surface area (Å²) in [5, 5.41) is 4.10. The van der Waals surface area contributed by atoms with Gasteiger partial charge in [0.15, 0.2) is 0 Å². The summed E-state index contributed by atoms with van der Waals surface area (Å²) in [7, 11) is 1.69. The molecule has 1 saturated heterocycles. The van der Waals surface area contributed by atoms with Crippen LogP contribution >= 0.6 is 11.6 Å². The van der Waals surface area contributed by atoms with Crippen LogP contribution in [0.1, 0.15) is 22.8 Å². The first-order valence-electron chi connectivity index (χ1n) is 5.81. The molecule has 1 aromatic rings. The zero-order valence-corrected chi connectivity index (χ0v) is 11.2. The first-order valence-corrected chi connectivity index (χ1v) is 6.19. The molecule has 1 aliphatic rings. The van der Waals surface area contributed by atoms with Crippen LogP contribution in [0.4, 0.5) is 0 Å². The van der Waals surface area contributed by atoms with E-state index in [2.05, 4.69) is 5.32 Å². The lowest BCUT2D eigenvalue weighted by molar-refractivity contribution is 0.0258. The van der Waals surface area contributed by atoms with Gasteiger partial charge in [-0.1, -0.05) is 11.6 Å². The fraction of sp³-hybridized carbons (Fsp3) is 0.538. The van der Waals surface area contributed by atoms with Gasteiger partial charge < -0.3 is 14.8 Å². The second-order valence-corrected chi connectivity index (χ2v) is 4.72. The van der Waals surface area contributed by atoms with E-state index < -0.39 is 0 Å². The highest BCUT2D eigenvalue weighted by molar-refractivity contribution is 6.31. The summed E-state index contributed by atoms with van der Waals surface area (Å²) in [6.45, 7) is 6.44. The van der Waals surface area contributed by atoms with E-state index in [0.717, 1.165) is 47.2 Å². The Labute approximate surface area is 107 Å². The van der Waals surface area contributed by atoms with Crippen molar-refractivity contribution in [1.29, 1.82) is 0 Å². The molecule has 0 radical (unpaired) electrons. The first kappa shape index (κ1) is 12.7. The highest BCUT2D eigenvalue weighted by Gasteiger charge is 2.24. The molecule has 1 atom stereocenters. The first-order chi connectivity index (χ1) is 8.15. The van der Waals surface area contributed by atoms with E-state index in [1.165, 1.54) is 0 Å². The molecule has 4 heteroatoms. The maximum Gasteiger partial charge on any atom is 0.127 e. The summed E-state index contributed by atoms with van der Waals surface area (Å²) in [5.74, 6) is 0.889. The van der Waals surface area contributed by atoms with Gasteiger partial charge in [0.05, 0.1) is 19.8 Å². The Morgan fingerprint density at radius 3 is 2.82 bits per heavy atom. The summed E-state index contributed by atoms with van der Waals surface area (Å²) in [5.41, 5.74) is 3.17. The zero-order chi connectivity index (χ0) is 12.4. The molecule has 0 bridgehead atoms. The Morgan fingerprint density at radius 2 is 2.24 bits per heavy atom. The van der Waals surface area contributed by atoms with Crippen molar-refractivity contribution in [3.63, 3.8) is 0 Å². The normalized spacial score (nSPS) is 20.4. The molecule has 94 valence electrons. The van der Waals surface area contributed by atoms with Crippen molar-refractivity contribution in [2.75, 3.05) is 26.8 Å². The van der Waals surface area contributed by atoms with Crippen molar-refractivity contribution < 1.29 is 9.47 Å². The Hall–Kier alpha value is -0.770. The molecule has 17 heavy (non-hydrogen) atoms. The van der Waals surface area contributed by atoms with Gasteiger partial charge in [-0.3, -0.25) is 0 Å². The molecule has 0 spiro atoms. The maximum atomic E-state index is 6.24. The maximum absolute atomic E-state index is 6.24. The molecular formula is C13H18ClNO2. The predicted molar refractivity (Wildman–Crippen MR) is 69.0 cm³/mol. The molecule has 1 unspecified atom stereocenters. The average Bonchev–Trinajstić information content (AvgIpc) is 2.34. The van der Waals surface area contributed by atoms with Gasteiger partial charge >= 0.3 is 0 Å². The summed E-state index contributed by atoms with van der Waals surface area (Å²) >= 11 is 6.24. The van der Waals surface area contributed by atoms with Gasteiger partial charge in [0.25, 0.3) is 0 Å². The number of aryl methyl sites for hydroxylation is 1. The van der Waals surface area contributed by atoms with Crippen LogP contribution < -0.4 is 10.1 Å². The number of rotatable bonds is 2. The smallest absolute Gasteiger partial charge is 0.127 e. The minimum Gasteiger partial charge on any atom is -0.496 e. The minimum absolute atomic E-state index is 0.0242. The van der Waals surface area contributed by atoms with E-state index >= 15 is 0 Å². The number of hydrogen-bond donors (Lipinski definition) is 1. The Balaban J connectivity index is 2.48. The lowest BCUT2D eigenvalue weighted by atomic mass is 9.98. The van der Waals surface area contributed by atoms with Crippen LogP contribution in [0.2, 0.25) is 5.02 Å². The fourth-order valence-electron chi connectivity index (χ4n) is 2.28. The highest BCUT2D eigenvalue weighted by Crippen LogP contribution is 2.37. The van der Waals surface area contributed by atoms with Crippen molar-refractivity contribution >= 4 is 11.6 Å². The van der Waals surface area contributed by atoms with Crippen LogP contribution in [0, 0.1) is 13.8 Å². The zero-order valence-electron chi connectivity index (χ0n) is 10.5. The predicted octanol–water partition coefficient (Wildman–Crippen LogP) is 2.63. The largest absolute Gasteiger partial charge is 0.496 e. The number of hydrogen-bond acceptors (Lipinski definition) is 3. The van der Waals surface area contributed by atoms with Crippen LogP contribution in [0.15, 0.2) is 6.07 Å². The number of ether oxygens (including phenoxy) is 2. The van der Waals surface area contributed by atoms with Crippen molar-refractivity contribution in [2.24, 2.45) is 0 Å². The van der Waals surface area contributed by atoms with Crippen LogP contribution in [-0.2, 0) is 4.74 Å². The number of methoxy groups -OCH3 is 1. The summed E-state index contributed by atoms with van der Waals surface area (Å²) in [6, 6.07) is 1.94. The molecule has 0 amide bonds. The number of nitrogens with one attached hydrogen (secondary N) is 1. The molecule has 1 heterocycles. The second-order valence-electron chi connectivity index (χ2n) is 4.31. The molecule has 0 aromatic heterocycles. The fourth-order valence-corrected chi connectivity index (χ4v) is 2.55. The van der Waals surface area contributed by atoms with Crippen molar-refractivity contribution in [2.45, 2.75) is 20.0 Å². The second kappa shape index (κ2) is 5.25. The van der Waals surface area contributed by atoms with E-state index in [-0.39, 0.29) is 6.10 Å². The lowest BCUT2D eigenvalue weighted by Gasteiger charge is -2.27. The van der Waals surface area contributed by atoms with Crippen molar-refractivity contribution in [3.05, 3.63) is 27.8 Å². The highest BCUT2D eigenvalue weighted by atomic mass is 35.5. The quantitative estimate of drug-likeness (QED) is 0.881. The standard InChI is InChI=1S/C13H18ClNO2/c1-8-6-10(14)9(2)12(13(8)16-3)11-7-15-4-5-17-11/h6,11,15H,4-5,7H2,1-3H3. The van der Waals surface area contributed by atoms with Crippen molar-refractivity contribution in [3.8, 4) is 5.75 Å². The third-order valence-electron chi connectivity index (χ3n) is 3.16. The van der Waals surface area contributed by atoms with Gasteiger partial charge in [-0.2, -0.15) is 0 Å². The van der Waals surface area contributed by atoms with Gasteiger partial charge in [0.2, 0.25) is 0 Å². The van der Waals surface area contributed by atoms with E-state index in [1.54, 1.807) is 7.11 Å². The molecule has 1 aliphatic heterocycles. The molecule has 3 nitrogen and oxygen atoms in total. The van der Waals surface area contributed by atoms with E-state index in [1.807, 2.05) is 19.9 Å². The number of morpholine rings is 1. The molecule has 0 aliphatic carbocycles. The van der Waals surface area contributed by atoms with Crippen molar-refractivity contribution in [1.82, 2.24) is 5.32 Å². The molecule has 1 N–H and O–H groups in total. The minimum atomic E-state index is 0.0242. The molecule has 1 fully saturated rings. The van der Waals surface area contributed by atoms with Gasteiger partial charge in [-0.25, -0.2) is 0 Å². The van der Waals surface area contributed by atoms with Gasteiger partial charge in [0, 0.05) is 23.7 Å². The molecule has 0 saturated carbocycles. The van der Waals surface area contributed by atoms with E-state index in [9.17, 15) is 0 Å². The van der Waals surface area contributed by atoms with Crippen LogP contribution in [0.3, 0.4) is 0 Å². The van der Waals surface area contributed by atoms with E-state index in [4.69, 9.17) is 21.1 Å². The third-order valence-corrected chi connectivity index (χ3v) is 3.55. The Kier molecular flexibility index (Phi) is 3.92. The Morgan fingerprint density at radius 1 is 1.47 bits per heavy atom. The van der Waals surface area contributed by atoms with E-state index in [0.29, 0.717) is 0 Å². The van der Waals surface area contributed by atoms with Crippen LogP contribution in [-0.4, -0.2) is 26.8 Å². The summed E-state index contributed by atoms with van der Waals surface area (Å²) in [6.07, 6.45) is 0.0242. The van der Waals surface area contributed by atoms with Crippen LogP contribution in [0.5, 0.6) is 5.75 Å². The van der Waals surface area contributed by atoms with Gasteiger partial charge in [-0.15, -0.1) is 0 Å². The molecule has 1 aromatic carbocycles. The average molecular weight is 256 g/mol. The number of halogens is 1. The van der Waals surface area contributed by atoms with Gasteiger partial charge in [-0.05, 0) is 31.0 Å². The monoisotopic (exact) mass is 255 g/mol. The third kappa shape index (κ3) is 2.41. The summed E-state index contributed by atoms with van der Waals surface area (Å²) < 4.78 is 11.3. The van der Waals surface area contributed by atoms with Gasteiger partial charge in [0.1, 0.15) is 5.75 Å². The number of benzene rings is 1. The van der Waals surface area contributed by atoms with Crippen LogP contribution in [0.25, 0.3) is 0 Å². The summed E-state index contributed by atoms with van der Waals surface area (Å²) in [4.78, 5) is 0. The Bertz CT molecular complexity index is 414. The topological polar surface area (TPSA) is 30.5 Å².